The Kier molecular flexibility index (Phi) is 3.77. The van der Waals surface area contributed by atoms with Gasteiger partial charge in [0.25, 0.3) is 0 Å². The highest BCUT2D eigenvalue weighted by atomic mass is 16.2. The molecule has 0 spiro atoms. The van der Waals surface area contributed by atoms with E-state index in [1.807, 2.05) is 48.5 Å². The van der Waals surface area contributed by atoms with Gasteiger partial charge in [-0.1, -0.05) is 18.2 Å². The molecule has 2 aromatic rings. The SMILES string of the molecule is Nc1ccccc1CNc1ccc(NC(=O)C2CC2)cc1. The van der Waals surface area contributed by atoms with Gasteiger partial charge in [0.2, 0.25) is 5.91 Å². The average Bonchev–Trinajstić information content (AvgIpc) is 3.33. The van der Waals surface area contributed by atoms with Crippen LogP contribution in [0.15, 0.2) is 48.5 Å². The van der Waals surface area contributed by atoms with Crippen molar-refractivity contribution in [2.24, 2.45) is 5.92 Å². The second kappa shape index (κ2) is 5.87. The molecule has 4 heteroatoms. The second-order valence-electron chi connectivity index (χ2n) is 5.39. The number of hydrogen-bond acceptors (Lipinski definition) is 3. The number of para-hydroxylation sites is 1. The van der Waals surface area contributed by atoms with Crippen molar-refractivity contribution in [2.75, 3.05) is 16.4 Å². The van der Waals surface area contributed by atoms with Crippen molar-refractivity contribution in [2.45, 2.75) is 19.4 Å². The molecule has 1 saturated carbocycles. The lowest BCUT2D eigenvalue weighted by molar-refractivity contribution is -0.117. The molecule has 4 nitrogen and oxygen atoms in total. The lowest BCUT2D eigenvalue weighted by Crippen LogP contribution is -2.13. The number of benzene rings is 2. The van der Waals surface area contributed by atoms with Crippen LogP contribution in [0.25, 0.3) is 0 Å². The molecule has 3 rings (SSSR count). The first-order valence-corrected chi connectivity index (χ1v) is 7.20. The zero-order chi connectivity index (χ0) is 14.7. The fourth-order valence-corrected chi connectivity index (χ4v) is 2.15. The monoisotopic (exact) mass is 281 g/mol. The summed E-state index contributed by atoms with van der Waals surface area (Å²) in [4.78, 5) is 11.7. The summed E-state index contributed by atoms with van der Waals surface area (Å²) in [5.41, 5.74) is 9.62. The van der Waals surface area contributed by atoms with Crippen LogP contribution < -0.4 is 16.4 Å². The van der Waals surface area contributed by atoms with Gasteiger partial charge in [-0.15, -0.1) is 0 Å². The van der Waals surface area contributed by atoms with E-state index in [4.69, 9.17) is 5.73 Å². The van der Waals surface area contributed by atoms with Crippen molar-refractivity contribution >= 4 is 23.0 Å². The average molecular weight is 281 g/mol. The van der Waals surface area contributed by atoms with E-state index in [-0.39, 0.29) is 11.8 Å². The van der Waals surface area contributed by atoms with Crippen molar-refractivity contribution < 1.29 is 4.79 Å². The van der Waals surface area contributed by atoms with Crippen molar-refractivity contribution in [3.63, 3.8) is 0 Å². The van der Waals surface area contributed by atoms with Crippen molar-refractivity contribution in [3.05, 3.63) is 54.1 Å². The smallest absolute Gasteiger partial charge is 0.227 e. The largest absolute Gasteiger partial charge is 0.398 e. The van der Waals surface area contributed by atoms with Gasteiger partial charge in [0.15, 0.2) is 0 Å². The number of nitrogens with two attached hydrogens (primary N) is 1. The minimum atomic E-state index is 0.132. The predicted molar refractivity (Wildman–Crippen MR) is 86.0 cm³/mol. The summed E-state index contributed by atoms with van der Waals surface area (Å²) in [5, 5.41) is 6.25. The lowest BCUT2D eigenvalue weighted by atomic mass is 10.2. The predicted octanol–water partition coefficient (Wildman–Crippen LogP) is 3.23. The first-order valence-electron chi connectivity index (χ1n) is 7.20. The van der Waals surface area contributed by atoms with Gasteiger partial charge in [0.05, 0.1) is 0 Å². The van der Waals surface area contributed by atoms with Crippen LogP contribution in [-0.2, 0) is 11.3 Å². The molecule has 1 fully saturated rings. The van der Waals surface area contributed by atoms with Gasteiger partial charge in [-0.3, -0.25) is 4.79 Å². The molecule has 4 N–H and O–H groups in total. The summed E-state index contributed by atoms with van der Waals surface area (Å²) in [7, 11) is 0. The molecule has 21 heavy (non-hydrogen) atoms. The normalized spacial score (nSPS) is 13.7. The molecule has 0 radical (unpaired) electrons. The van der Waals surface area contributed by atoms with E-state index >= 15 is 0 Å². The molecule has 0 unspecified atom stereocenters. The fraction of sp³-hybridized carbons (Fsp3) is 0.235. The molecule has 108 valence electrons. The summed E-state index contributed by atoms with van der Waals surface area (Å²) in [5.74, 6) is 0.358. The quantitative estimate of drug-likeness (QED) is 0.737. The Balaban J connectivity index is 1.56. The molecule has 0 aromatic heterocycles. The highest BCUT2D eigenvalue weighted by Crippen LogP contribution is 2.30. The standard InChI is InChI=1S/C17H19N3O/c18-16-4-2-1-3-13(16)11-19-14-7-9-15(10-8-14)20-17(21)12-5-6-12/h1-4,7-10,12,19H,5-6,11,18H2,(H,20,21). The summed E-state index contributed by atoms with van der Waals surface area (Å²) in [6.45, 7) is 0.681. The van der Waals surface area contributed by atoms with Gasteiger partial charge in [0.1, 0.15) is 0 Å². The van der Waals surface area contributed by atoms with E-state index in [1.165, 1.54) is 0 Å². The topological polar surface area (TPSA) is 67.2 Å². The lowest BCUT2D eigenvalue weighted by Gasteiger charge is -2.10. The van der Waals surface area contributed by atoms with E-state index in [0.29, 0.717) is 6.54 Å². The van der Waals surface area contributed by atoms with Gasteiger partial charge in [-0.25, -0.2) is 0 Å². The summed E-state index contributed by atoms with van der Waals surface area (Å²) in [6, 6.07) is 15.6. The second-order valence-corrected chi connectivity index (χ2v) is 5.39. The van der Waals surface area contributed by atoms with E-state index < -0.39 is 0 Å². The molecule has 0 saturated heterocycles. The zero-order valence-electron chi connectivity index (χ0n) is 11.8. The van der Waals surface area contributed by atoms with Crippen molar-refractivity contribution in [3.8, 4) is 0 Å². The van der Waals surface area contributed by atoms with Crippen LogP contribution in [0.4, 0.5) is 17.1 Å². The molecular formula is C17H19N3O. The Morgan fingerprint density at radius 2 is 1.71 bits per heavy atom. The van der Waals surface area contributed by atoms with Crippen LogP contribution >= 0.6 is 0 Å². The molecule has 2 aromatic carbocycles. The number of carbonyl (C=O) groups is 1. The van der Waals surface area contributed by atoms with Crippen LogP contribution in [0.5, 0.6) is 0 Å². The number of carbonyl (C=O) groups excluding carboxylic acids is 1. The third kappa shape index (κ3) is 3.54. The maximum atomic E-state index is 11.7. The first-order chi connectivity index (χ1) is 10.2. The first kappa shape index (κ1) is 13.5. The minimum Gasteiger partial charge on any atom is -0.398 e. The van der Waals surface area contributed by atoms with Crippen molar-refractivity contribution in [1.29, 1.82) is 0 Å². The van der Waals surface area contributed by atoms with E-state index in [9.17, 15) is 4.79 Å². The fourth-order valence-electron chi connectivity index (χ4n) is 2.15. The van der Waals surface area contributed by atoms with Gasteiger partial charge in [0, 0.05) is 29.5 Å². The third-order valence-corrected chi connectivity index (χ3v) is 3.64. The molecule has 0 bridgehead atoms. The highest BCUT2D eigenvalue weighted by molar-refractivity contribution is 5.94. The van der Waals surface area contributed by atoms with Crippen LogP contribution in [-0.4, -0.2) is 5.91 Å². The zero-order valence-corrected chi connectivity index (χ0v) is 11.8. The molecular weight excluding hydrogens is 262 g/mol. The van der Waals surface area contributed by atoms with Crippen molar-refractivity contribution in [1.82, 2.24) is 0 Å². The Labute approximate surface area is 124 Å². The maximum absolute atomic E-state index is 11.7. The van der Waals surface area contributed by atoms with Gasteiger partial charge in [-0.2, -0.15) is 0 Å². The van der Waals surface area contributed by atoms with Crippen LogP contribution in [0.1, 0.15) is 18.4 Å². The minimum absolute atomic E-state index is 0.132. The Hall–Kier alpha value is -2.49. The molecule has 1 amide bonds. The van der Waals surface area contributed by atoms with E-state index in [2.05, 4.69) is 10.6 Å². The number of anilines is 3. The molecule has 1 aliphatic rings. The van der Waals surface area contributed by atoms with Gasteiger partial charge < -0.3 is 16.4 Å². The Morgan fingerprint density at radius 1 is 1.05 bits per heavy atom. The molecule has 1 aliphatic carbocycles. The Bertz CT molecular complexity index is 633. The van der Waals surface area contributed by atoms with E-state index in [0.717, 1.165) is 35.5 Å². The molecule has 0 aliphatic heterocycles. The number of amides is 1. The summed E-state index contributed by atoms with van der Waals surface area (Å²) < 4.78 is 0. The van der Waals surface area contributed by atoms with Crippen LogP contribution in [0.2, 0.25) is 0 Å². The van der Waals surface area contributed by atoms with E-state index in [1.54, 1.807) is 0 Å². The van der Waals surface area contributed by atoms with Crippen LogP contribution in [0.3, 0.4) is 0 Å². The summed E-state index contributed by atoms with van der Waals surface area (Å²) >= 11 is 0. The third-order valence-electron chi connectivity index (χ3n) is 3.64. The molecule has 0 heterocycles. The van der Waals surface area contributed by atoms with Gasteiger partial charge >= 0.3 is 0 Å². The summed E-state index contributed by atoms with van der Waals surface area (Å²) in [6.07, 6.45) is 2.04. The Morgan fingerprint density at radius 3 is 2.38 bits per heavy atom. The number of rotatable bonds is 5. The highest BCUT2D eigenvalue weighted by Gasteiger charge is 2.29. The number of nitrogen functional groups attached to an aromatic ring is 1. The van der Waals surface area contributed by atoms with Gasteiger partial charge in [-0.05, 0) is 48.7 Å². The number of hydrogen-bond donors (Lipinski definition) is 3. The number of nitrogens with one attached hydrogen (secondary N) is 2. The van der Waals surface area contributed by atoms with Crippen LogP contribution in [0, 0.1) is 5.92 Å². The molecule has 0 atom stereocenters. The maximum Gasteiger partial charge on any atom is 0.227 e.